The Hall–Kier alpha value is 0.160. The molecule has 1 atom stereocenters. The van der Waals surface area contributed by atoms with Crippen LogP contribution in [-0.4, -0.2) is 43.7 Å². The minimum atomic E-state index is -3.28. The van der Waals surface area contributed by atoms with Crippen molar-refractivity contribution in [1.82, 2.24) is 4.31 Å². The van der Waals surface area contributed by atoms with Gasteiger partial charge in [-0.3, -0.25) is 0 Å². The topological polar surface area (TPSA) is 46.6 Å². The number of nitrogens with zero attached hydrogens (tertiary/aromatic N) is 1. The second-order valence-electron chi connectivity index (χ2n) is 2.60. The molecule has 0 spiro atoms. The average Bonchev–Trinajstić information content (AvgIpc) is 2.06. The van der Waals surface area contributed by atoms with Crippen LogP contribution in [0, 0.1) is 0 Å². The Labute approximate surface area is 77.5 Å². The van der Waals surface area contributed by atoms with Gasteiger partial charge in [0.05, 0.1) is 13.2 Å². The van der Waals surface area contributed by atoms with Crippen molar-refractivity contribution in [2.24, 2.45) is 0 Å². The smallest absolute Gasteiger partial charge is 0.230 e. The molecule has 0 aromatic rings. The van der Waals surface area contributed by atoms with Gasteiger partial charge in [0.25, 0.3) is 0 Å². The maximum Gasteiger partial charge on any atom is 0.230 e. The van der Waals surface area contributed by atoms with Gasteiger partial charge in [-0.05, 0) is 6.92 Å². The normalized spacial score (nSPS) is 23.8. The van der Waals surface area contributed by atoms with Gasteiger partial charge in [-0.2, -0.15) is 4.31 Å². The van der Waals surface area contributed by atoms with E-state index in [0.717, 1.165) is 0 Å². The van der Waals surface area contributed by atoms with E-state index in [1.54, 1.807) is 0 Å². The lowest BCUT2D eigenvalue weighted by Gasteiger charge is -2.26. The van der Waals surface area contributed by atoms with Gasteiger partial charge in [-0.25, -0.2) is 8.42 Å². The summed E-state index contributed by atoms with van der Waals surface area (Å²) in [6.45, 7) is 3.22. The fraction of sp³-hybridized carbons (Fsp3) is 1.00. The van der Waals surface area contributed by atoms with Crippen LogP contribution in [0.5, 0.6) is 0 Å². The highest BCUT2D eigenvalue weighted by molar-refractivity contribution is 7.91. The van der Waals surface area contributed by atoms with Crippen molar-refractivity contribution in [2.75, 3.05) is 26.3 Å². The average molecular weight is 214 g/mol. The van der Waals surface area contributed by atoms with Gasteiger partial charge in [-0.15, -0.1) is 11.6 Å². The fourth-order valence-corrected chi connectivity index (χ4v) is 2.41. The summed E-state index contributed by atoms with van der Waals surface area (Å²) in [4.78, 5) is 0. The number of alkyl halides is 1. The molecule has 1 rings (SSSR count). The summed E-state index contributed by atoms with van der Waals surface area (Å²) < 4.78 is 28.4. The number of ether oxygens (including phenoxy) is 1. The largest absolute Gasteiger partial charge is 0.379 e. The molecule has 0 aliphatic carbocycles. The molecule has 1 saturated heterocycles. The molecule has 0 bridgehead atoms. The van der Waals surface area contributed by atoms with Crippen LogP contribution in [0.3, 0.4) is 0 Å². The predicted molar refractivity (Wildman–Crippen MR) is 46.6 cm³/mol. The second-order valence-corrected chi connectivity index (χ2v) is 5.77. The summed E-state index contributed by atoms with van der Waals surface area (Å²) in [6.07, 6.45) is 0. The SMILES string of the molecule is CC(Cl)S(=O)(=O)N1CCOCC1. The first-order valence-corrected chi connectivity index (χ1v) is 5.70. The van der Waals surface area contributed by atoms with Gasteiger partial charge < -0.3 is 4.74 Å². The monoisotopic (exact) mass is 213 g/mol. The molecule has 1 fully saturated rings. The Bertz CT molecular complexity index is 233. The molecule has 1 unspecified atom stereocenters. The van der Waals surface area contributed by atoms with Crippen LogP contribution in [-0.2, 0) is 14.8 Å². The van der Waals surface area contributed by atoms with Gasteiger partial charge in [0.15, 0.2) is 0 Å². The summed E-state index contributed by atoms with van der Waals surface area (Å²) in [5.41, 5.74) is 0. The zero-order valence-electron chi connectivity index (χ0n) is 6.86. The molecule has 0 N–H and O–H groups in total. The molecule has 1 heterocycles. The minimum Gasteiger partial charge on any atom is -0.379 e. The molecule has 1 aliphatic heterocycles. The van der Waals surface area contributed by atoms with Crippen LogP contribution in [0.2, 0.25) is 0 Å². The van der Waals surface area contributed by atoms with Crippen LogP contribution in [0.1, 0.15) is 6.92 Å². The van der Waals surface area contributed by atoms with Crippen LogP contribution < -0.4 is 0 Å². The second kappa shape index (κ2) is 3.91. The Morgan fingerprint density at radius 2 is 1.92 bits per heavy atom. The van der Waals surface area contributed by atoms with Crippen molar-refractivity contribution in [2.45, 2.75) is 11.6 Å². The predicted octanol–water partition coefficient (Wildman–Crippen LogP) is 0.233. The lowest BCUT2D eigenvalue weighted by molar-refractivity contribution is 0.0729. The number of rotatable bonds is 2. The molecule has 0 radical (unpaired) electrons. The van der Waals surface area contributed by atoms with E-state index in [2.05, 4.69) is 0 Å². The summed E-state index contributed by atoms with van der Waals surface area (Å²) in [7, 11) is -3.28. The Balaban J connectivity index is 2.67. The van der Waals surface area contributed by atoms with Crippen LogP contribution in [0.4, 0.5) is 0 Å². The molecule has 1 aliphatic rings. The highest BCUT2D eigenvalue weighted by Crippen LogP contribution is 2.13. The third-order valence-corrected chi connectivity index (χ3v) is 4.32. The standard InChI is InChI=1S/C6H12ClNO3S/c1-6(7)12(9,10)8-2-4-11-5-3-8/h6H,2-5H2,1H3. The van der Waals surface area contributed by atoms with Crippen LogP contribution in [0.15, 0.2) is 0 Å². The van der Waals surface area contributed by atoms with Crippen LogP contribution in [0.25, 0.3) is 0 Å². The van der Waals surface area contributed by atoms with Crippen molar-refractivity contribution in [3.63, 3.8) is 0 Å². The summed E-state index contributed by atoms with van der Waals surface area (Å²) in [5.74, 6) is 0. The molecule has 0 saturated carbocycles. The maximum absolute atomic E-state index is 11.4. The third-order valence-electron chi connectivity index (χ3n) is 1.74. The van der Waals surface area contributed by atoms with Gasteiger partial charge in [0.2, 0.25) is 10.0 Å². The van der Waals surface area contributed by atoms with E-state index in [-0.39, 0.29) is 0 Å². The van der Waals surface area contributed by atoms with E-state index < -0.39 is 14.7 Å². The zero-order valence-corrected chi connectivity index (χ0v) is 8.44. The van der Waals surface area contributed by atoms with Gasteiger partial charge >= 0.3 is 0 Å². The Morgan fingerprint density at radius 1 is 1.42 bits per heavy atom. The summed E-state index contributed by atoms with van der Waals surface area (Å²) in [5, 5.41) is 0. The molecule has 6 heteroatoms. The quantitative estimate of drug-likeness (QED) is 0.618. The highest BCUT2D eigenvalue weighted by atomic mass is 35.5. The summed E-state index contributed by atoms with van der Waals surface area (Å²) >= 11 is 5.53. The number of sulfonamides is 1. The van der Waals surface area contributed by atoms with Crippen molar-refractivity contribution in [3.05, 3.63) is 0 Å². The molecule has 0 aromatic heterocycles. The first-order valence-electron chi connectivity index (χ1n) is 3.76. The van der Waals surface area contributed by atoms with E-state index in [1.165, 1.54) is 11.2 Å². The van der Waals surface area contributed by atoms with Crippen molar-refractivity contribution < 1.29 is 13.2 Å². The molecule has 72 valence electrons. The van der Waals surface area contributed by atoms with E-state index in [1.807, 2.05) is 0 Å². The van der Waals surface area contributed by atoms with Crippen molar-refractivity contribution in [3.8, 4) is 0 Å². The van der Waals surface area contributed by atoms with E-state index in [4.69, 9.17) is 16.3 Å². The first kappa shape index (κ1) is 10.2. The number of morpholine rings is 1. The third kappa shape index (κ3) is 2.10. The lowest BCUT2D eigenvalue weighted by atomic mass is 10.5. The summed E-state index contributed by atoms with van der Waals surface area (Å²) in [6, 6.07) is 0. The number of hydrogen-bond donors (Lipinski definition) is 0. The van der Waals surface area contributed by atoms with Gasteiger partial charge in [0.1, 0.15) is 4.71 Å². The van der Waals surface area contributed by atoms with E-state index >= 15 is 0 Å². The fourth-order valence-electron chi connectivity index (χ4n) is 1.01. The highest BCUT2D eigenvalue weighted by Gasteiger charge is 2.28. The minimum absolute atomic E-state index is 0.416. The van der Waals surface area contributed by atoms with Gasteiger partial charge in [-0.1, -0.05) is 0 Å². The Morgan fingerprint density at radius 3 is 2.33 bits per heavy atom. The van der Waals surface area contributed by atoms with E-state index in [9.17, 15) is 8.42 Å². The van der Waals surface area contributed by atoms with Crippen LogP contribution >= 0.6 is 11.6 Å². The Kier molecular flexibility index (Phi) is 3.34. The first-order chi connectivity index (χ1) is 5.55. The lowest BCUT2D eigenvalue weighted by Crippen LogP contribution is -2.43. The molecule has 4 nitrogen and oxygen atoms in total. The number of hydrogen-bond acceptors (Lipinski definition) is 3. The maximum atomic E-state index is 11.4. The van der Waals surface area contributed by atoms with E-state index in [0.29, 0.717) is 26.3 Å². The molecule has 12 heavy (non-hydrogen) atoms. The number of halogens is 1. The van der Waals surface area contributed by atoms with Crippen molar-refractivity contribution in [1.29, 1.82) is 0 Å². The molecular formula is C6H12ClNO3S. The molecule has 0 aromatic carbocycles. The molecule has 0 amide bonds. The zero-order chi connectivity index (χ0) is 9.19. The molecular weight excluding hydrogens is 202 g/mol. The van der Waals surface area contributed by atoms with Crippen molar-refractivity contribution >= 4 is 21.6 Å². The van der Waals surface area contributed by atoms with Gasteiger partial charge in [0, 0.05) is 13.1 Å².